The molecule has 2 amide bonds. The quantitative estimate of drug-likeness (QED) is 0.324. The second-order valence-electron chi connectivity index (χ2n) is 7.49. The Morgan fingerprint density at radius 3 is 2.40 bits per heavy atom. The number of nitrogens with one attached hydrogen (secondary N) is 2. The van der Waals surface area contributed by atoms with Crippen molar-refractivity contribution in [2.24, 2.45) is 0 Å². The van der Waals surface area contributed by atoms with Crippen LogP contribution in [0.3, 0.4) is 0 Å². The Bertz CT molecular complexity index is 1160. The van der Waals surface area contributed by atoms with Gasteiger partial charge in [-0.25, -0.2) is 4.79 Å². The first kappa shape index (κ1) is 25.3. The van der Waals surface area contributed by atoms with Crippen LogP contribution in [0.15, 0.2) is 72.8 Å². The summed E-state index contributed by atoms with van der Waals surface area (Å²) in [6, 6.07) is 21.0. The van der Waals surface area contributed by atoms with E-state index in [0.29, 0.717) is 17.0 Å². The van der Waals surface area contributed by atoms with Crippen molar-refractivity contribution in [3.05, 3.63) is 89.5 Å². The fourth-order valence-corrected chi connectivity index (χ4v) is 3.24. The third-order valence-electron chi connectivity index (χ3n) is 4.96. The minimum absolute atomic E-state index is 0.103. The van der Waals surface area contributed by atoms with Gasteiger partial charge >= 0.3 is 6.16 Å². The molecule has 2 N–H and O–H groups in total. The van der Waals surface area contributed by atoms with Gasteiger partial charge in [-0.1, -0.05) is 37.3 Å². The van der Waals surface area contributed by atoms with Gasteiger partial charge in [0.25, 0.3) is 11.8 Å². The van der Waals surface area contributed by atoms with Crippen LogP contribution in [-0.2, 0) is 22.5 Å². The monoisotopic (exact) mass is 476 g/mol. The summed E-state index contributed by atoms with van der Waals surface area (Å²) in [5.41, 5.74) is 2.87. The molecule has 3 aromatic carbocycles. The van der Waals surface area contributed by atoms with Gasteiger partial charge in [0.15, 0.2) is 6.61 Å². The molecule has 8 nitrogen and oxygen atoms in total. The van der Waals surface area contributed by atoms with E-state index in [-0.39, 0.29) is 37.3 Å². The Hall–Kier alpha value is -4.33. The highest BCUT2D eigenvalue weighted by Crippen LogP contribution is 2.18. The minimum atomic E-state index is -0.797. The van der Waals surface area contributed by atoms with Gasteiger partial charge in [0.05, 0.1) is 6.61 Å². The maximum absolute atomic E-state index is 12.5. The Labute approximate surface area is 204 Å². The zero-order valence-electron chi connectivity index (χ0n) is 19.7. The average molecular weight is 477 g/mol. The SMILES string of the molecule is CCOC(=O)Oc1ccc(C(=O)NCc2cccc(NC(=O)COc3ccccc3CC)c2)cc1. The van der Waals surface area contributed by atoms with E-state index in [2.05, 4.69) is 10.6 Å². The van der Waals surface area contributed by atoms with E-state index in [4.69, 9.17) is 14.2 Å². The third-order valence-corrected chi connectivity index (χ3v) is 4.96. The molecular formula is C27H28N2O6. The number of para-hydroxylation sites is 1. The second-order valence-corrected chi connectivity index (χ2v) is 7.49. The van der Waals surface area contributed by atoms with Crippen molar-refractivity contribution in [3.63, 3.8) is 0 Å². The van der Waals surface area contributed by atoms with E-state index in [9.17, 15) is 14.4 Å². The van der Waals surface area contributed by atoms with Crippen LogP contribution in [0.4, 0.5) is 10.5 Å². The van der Waals surface area contributed by atoms with Crippen molar-refractivity contribution in [2.45, 2.75) is 26.8 Å². The zero-order valence-corrected chi connectivity index (χ0v) is 19.7. The number of rotatable bonds is 10. The second kappa shape index (κ2) is 12.8. The molecule has 0 aliphatic rings. The summed E-state index contributed by atoms with van der Waals surface area (Å²) in [7, 11) is 0. The Morgan fingerprint density at radius 1 is 0.886 bits per heavy atom. The summed E-state index contributed by atoms with van der Waals surface area (Å²) in [6.07, 6.45) is 0.0193. The highest BCUT2D eigenvalue weighted by molar-refractivity contribution is 5.94. The highest BCUT2D eigenvalue weighted by Gasteiger charge is 2.10. The van der Waals surface area contributed by atoms with E-state index in [1.54, 1.807) is 37.3 Å². The van der Waals surface area contributed by atoms with Gasteiger partial charge in [-0.15, -0.1) is 0 Å². The van der Waals surface area contributed by atoms with Crippen LogP contribution in [0, 0.1) is 0 Å². The number of carbonyl (C=O) groups excluding carboxylic acids is 3. The molecule has 3 rings (SSSR count). The molecule has 0 bridgehead atoms. The Kier molecular flexibility index (Phi) is 9.24. The summed E-state index contributed by atoms with van der Waals surface area (Å²) in [5, 5.41) is 5.64. The molecule has 0 atom stereocenters. The van der Waals surface area contributed by atoms with E-state index < -0.39 is 6.16 Å². The maximum Gasteiger partial charge on any atom is 0.513 e. The van der Waals surface area contributed by atoms with E-state index in [1.807, 2.05) is 37.3 Å². The molecule has 0 spiro atoms. The van der Waals surface area contributed by atoms with E-state index in [1.165, 1.54) is 12.1 Å². The fraction of sp³-hybridized carbons (Fsp3) is 0.222. The van der Waals surface area contributed by atoms with Gasteiger partial charge in [0.2, 0.25) is 0 Å². The predicted octanol–water partition coefficient (Wildman–Crippen LogP) is 4.73. The maximum atomic E-state index is 12.5. The Morgan fingerprint density at radius 2 is 1.66 bits per heavy atom. The van der Waals surface area contributed by atoms with Crippen LogP contribution < -0.4 is 20.1 Å². The third kappa shape index (κ3) is 7.89. The first-order valence-corrected chi connectivity index (χ1v) is 11.3. The molecule has 8 heteroatoms. The lowest BCUT2D eigenvalue weighted by molar-refractivity contribution is -0.118. The molecular weight excluding hydrogens is 448 g/mol. The van der Waals surface area contributed by atoms with Crippen molar-refractivity contribution in [1.29, 1.82) is 0 Å². The average Bonchev–Trinajstić information content (AvgIpc) is 2.87. The standard InChI is InChI=1S/C27H28N2O6/c1-3-20-9-5-6-11-24(20)34-18-25(30)29-22-10-7-8-19(16-22)17-28-26(31)21-12-14-23(15-13-21)35-27(32)33-4-2/h5-16H,3-4,17-18H2,1-2H3,(H,28,31)(H,29,30). The van der Waals surface area contributed by atoms with Gasteiger partial charge in [-0.3, -0.25) is 9.59 Å². The number of ether oxygens (including phenoxy) is 3. The van der Waals surface area contributed by atoms with Gasteiger partial charge in [-0.2, -0.15) is 0 Å². The summed E-state index contributed by atoms with van der Waals surface area (Å²) >= 11 is 0. The van der Waals surface area contributed by atoms with Gasteiger partial charge in [0.1, 0.15) is 11.5 Å². The first-order chi connectivity index (χ1) is 17.0. The largest absolute Gasteiger partial charge is 0.513 e. The van der Waals surface area contributed by atoms with Gasteiger partial charge in [0, 0.05) is 17.8 Å². The lowest BCUT2D eigenvalue weighted by atomic mass is 10.1. The van der Waals surface area contributed by atoms with Gasteiger partial charge < -0.3 is 24.8 Å². The minimum Gasteiger partial charge on any atom is -0.483 e. The molecule has 3 aromatic rings. The summed E-state index contributed by atoms with van der Waals surface area (Å²) in [6.45, 7) is 4.09. The number of anilines is 1. The number of amides is 2. The smallest absolute Gasteiger partial charge is 0.483 e. The number of benzene rings is 3. The van der Waals surface area contributed by atoms with Crippen molar-refractivity contribution in [2.75, 3.05) is 18.5 Å². The summed E-state index contributed by atoms with van der Waals surface area (Å²) in [4.78, 5) is 36.1. The van der Waals surface area contributed by atoms with Crippen LogP contribution in [0.5, 0.6) is 11.5 Å². The van der Waals surface area contributed by atoms with Crippen LogP contribution in [0.1, 0.15) is 35.3 Å². The van der Waals surface area contributed by atoms with E-state index >= 15 is 0 Å². The molecule has 0 unspecified atom stereocenters. The lowest BCUT2D eigenvalue weighted by Crippen LogP contribution is -2.23. The molecule has 35 heavy (non-hydrogen) atoms. The molecule has 0 fully saturated rings. The first-order valence-electron chi connectivity index (χ1n) is 11.3. The molecule has 182 valence electrons. The molecule has 0 aliphatic heterocycles. The fourth-order valence-electron chi connectivity index (χ4n) is 3.24. The van der Waals surface area contributed by atoms with E-state index in [0.717, 1.165) is 17.5 Å². The predicted molar refractivity (Wildman–Crippen MR) is 132 cm³/mol. The summed E-state index contributed by atoms with van der Waals surface area (Å²) in [5.74, 6) is 0.417. The molecule has 0 saturated carbocycles. The van der Waals surface area contributed by atoms with Gasteiger partial charge in [-0.05, 0) is 66.9 Å². The molecule has 0 heterocycles. The van der Waals surface area contributed by atoms with Crippen molar-refractivity contribution in [3.8, 4) is 11.5 Å². The zero-order chi connectivity index (χ0) is 25.0. The van der Waals surface area contributed by atoms with Crippen LogP contribution in [0.25, 0.3) is 0 Å². The molecule has 0 radical (unpaired) electrons. The Balaban J connectivity index is 1.49. The highest BCUT2D eigenvalue weighted by atomic mass is 16.7. The molecule has 0 saturated heterocycles. The van der Waals surface area contributed by atoms with Crippen LogP contribution in [0.2, 0.25) is 0 Å². The molecule has 0 aromatic heterocycles. The number of hydrogen-bond donors (Lipinski definition) is 2. The number of hydrogen-bond acceptors (Lipinski definition) is 6. The van der Waals surface area contributed by atoms with Crippen molar-refractivity contribution < 1.29 is 28.6 Å². The summed E-state index contributed by atoms with van der Waals surface area (Å²) < 4.78 is 15.4. The number of carbonyl (C=O) groups is 3. The molecule has 0 aliphatic carbocycles. The van der Waals surface area contributed by atoms with Crippen LogP contribution >= 0.6 is 0 Å². The number of aryl methyl sites for hydroxylation is 1. The lowest BCUT2D eigenvalue weighted by Gasteiger charge is -2.11. The topological polar surface area (TPSA) is 103 Å². The van der Waals surface area contributed by atoms with Crippen LogP contribution in [-0.4, -0.2) is 31.2 Å². The normalized spacial score (nSPS) is 10.2. The van der Waals surface area contributed by atoms with Crippen molar-refractivity contribution >= 4 is 23.7 Å². The van der Waals surface area contributed by atoms with Crippen molar-refractivity contribution in [1.82, 2.24) is 5.32 Å².